The van der Waals surface area contributed by atoms with E-state index in [9.17, 15) is 4.79 Å². The Morgan fingerprint density at radius 3 is 2.67 bits per heavy atom. The first-order chi connectivity index (χ1) is 13.0. The van der Waals surface area contributed by atoms with Crippen molar-refractivity contribution >= 4 is 46.6 Å². The van der Waals surface area contributed by atoms with Crippen LogP contribution in [0.4, 0.5) is 5.69 Å². The summed E-state index contributed by atoms with van der Waals surface area (Å²) in [4.78, 5) is 12.3. The molecule has 0 fully saturated rings. The molecule has 1 aromatic heterocycles. The second-order valence-corrected chi connectivity index (χ2v) is 7.61. The second kappa shape index (κ2) is 8.78. The highest BCUT2D eigenvalue weighted by Gasteiger charge is 2.17. The van der Waals surface area contributed by atoms with Gasteiger partial charge in [0.25, 0.3) is 0 Å². The van der Waals surface area contributed by atoms with Crippen LogP contribution in [0, 0.1) is 6.92 Å². The van der Waals surface area contributed by atoms with Gasteiger partial charge < -0.3 is 9.88 Å². The van der Waals surface area contributed by atoms with Crippen molar-refractivity contribution in [3.8, 4) is 11.4 Å². The number of nitrogens with one attached hydrogen (secondary N) is 1. The number of hydrogen-bond acceptors (Lipinski definition) is 4. The average Bonchev–Trinajstić information content (AvgIpc) is 3.04. The van der Waals surface area contributed by atoms with Crippen molar-refractivity contribution in [1.82, 2.24) is 14.8 Å². The molecular formula is C19H18Cl2N4OS. The zero-order valence-corrected chi connectivity index (χ0v) is 17.2. The van der Waals surface area contributed by atoms with Crippen LogP contribution >= 0.6 is 35.0 Å². The SMILES string of the molecule is CCn1c(SCC(=O)Nc2ccccc2C)nnc1-c1ccc(Cl)cc1Cl. The zero-order valence-electron chi connectivity index (χ0n) is 14.9. The monoisotopic (exact) mass is 420 g/mol. The number of rotatable bonds is 6. The summed E-state index contributed by atoms with van der Waals surface area (Å²) in [5.74, 6) is 0.799. The third-order valence-electron chi connectivity index (χ3n) is 3.96. The number of anilines is 1. The predicted octanol–water partition coefficient (Wildman–Crippen LogP) is 5.31. The molecule has 0 saturated carbocycles. The summed E-state index contributed by atoms with van der Waals surface area (Å²) in [7, 11) is 0. The van der Waals surface area contributed by atoms with Gasteiger partial charge in [0.05, 0.1) is 10.8 Å². The van der Waals surface area contributed by atoms with Gasteiger partial charge in [0.15, 0.2) is 11.0 Å². The van der Waals surface area contributed by atoms with Crippen molar-refractivity contribution in [2.24, 2.45) is 0 Å². The van der Waals surface area contributed by atoms with Gasteiger partial charge in [0.2, 0.25) is 5.91 Å². The van der Waals surface area contributed by atoms with Crippen LogP contribution in [0.1, 0.15) is 12.5 Å². The number of aryl methyl sites for hydroxylation is 1. The lowest BCUT2D eigenvalue weighted by atomic mass is 10.2. The van der Waals surface area contributed by atoms with E-state index in [1.807, 2.05) is 48.7 Å². The lowest BCUT2D eigenvalue weighted by Crippen LogP contribution is -2.15. The maximum absolute atomic E-state index is 12.3. The zero-order chi connectivity index (χ0) is 19.4. The Kier molecular flexibility index (Phi) is 6.42. The molecular weight excluding hydrogens is 403 g/mol. The molecule has 0 aliphatic rings. The van der Waals surface area contributed by atoms with E-state index in [-0.39, 0.29) is 11.7 Å². The molecule has 0 atom stereocenters. The summed E-state index contributed by atoms with van der Waals surface area (Å²) in [6, 6.07) is 12.9. The van der Waals surface area contributed by atoms with E-state index in [2.05, 4.69) is 15.5 Å². The quantitative estimate of drug-likeness (QED) is 0.548. The summed E-state index contributed by atoms with van der Waals surface area (Å²) < 4.78 is 1.93. The van der Waals surface area contributed by atoms with Crippen LogP contribution in [0.25, 0.3) is 11.4 Å². The van der Waals surface area contributed by atoms with Gasteiger partial charge in [-0.15, -0.1) is 10.2 Å². The molecule has 1 heterocycles. The molecule has 0 saturated heterocycles. The Balaban J connectivity index is 1.73. The molecule has 0 aliphatic heterocycles. The smallest absolute Gasteiger partial charge is 0.234 e. The molecule has 0 spiro atoms. The molecule has 8 heteroatoms. The van der Waals surface area contributed by atoms with Crippen molar-refractivity contribution in [3.63, 3.8) is 0 Å². The molecule has 27 heavy (non-hydrogen) atoms. The van der Waals surface area contributed by atoms with Gasteiger partial charge in [-0.25, -0.2) is 0 Å². The molecule has 5 nitrogen and oxygen atoms in total. The predicted molar refractivity (Wildman–Crippen MR) is 112 cm³/mol. The summed E-state index contributed by atoms with van der Waals surface area (Å²) in [6.45, 7) is 4.61. The standard InChI is InChI=1S/C19H18Cl2N4OS/c1-3-25-18(14-9-8-13(20)10-15(14)21)23-24-19(25)27-11-17(26)22-16-7-5-4-6-12(16)2/h4-10H,3,11H2,1-2H3,(H,22,26). The fraction of sp³-hybridized carbons (Fsp3) is 0.211. The minimum atomic E-state index is -0.0916. The number of aromatic nitrogens is 3. The number of para-hydroxylation sites is 1. The first-order valence-electron chi connectivity index (χ1n) is 8.36. The van der Waals surface area contributed by atoms with E-state index >= 15 is 0 Å². The molecule has 140 valence electrons. The Bertz CT molecular complexity index is 974. The molecule has 1 N–H and O–H groups in total. The molecule has 0 aliphatic carbocycles. The second-order valence-electron chi connectivity index (χ2n) is 5.83. The first-order valence-corrected chi connectivity index (χ1v) is 10.1. The molecule has 1 amide bonds. The average molecular weight is 421 g/mol. The molecule has 0 radical (unpaired) electrons. The van der Waals surface area contributed by atoms with Crippen LogP contribution in [0.5, 0.6) is 0 Å². The Morgan fingerprint density at radius 1 is 1.19 bits per heavy atom. The normalized spacial score (nSPS) is 10.8. The summed E-state index contributed by atoms with van der Waals surface area (Å²) in [5, 5.41) is 13.1. The van der Waals surface area contributed by atoms with Gasteiger partial charge in [0.1, 0.15) is 0 Å². The summed E-state index contributed by atoms with van der Waals surface area (Å²) in [5.41, 5.74) is 2.59. The highest BCUT2D eigenvalue weighted by molar-refractivity contribution is 7.99. The van der Waals surface area contributed by atoms with Crippen LogP contribution in [0.3, 0.4) is 0 Å². The van der Waals surface area contributed by atoms with Crippen molar-refractivity contribution < 1.29 is 4.79 Å². The fourth-order valence-corrected chi connectivity index (χ4v) is 3.88. The lowest BCUT2D eigenvalue weighted by Gasteiger charge is -2.10. The Hall–Kier alpha value is -2.02. The minimum absolute atomic E-state index is 0.0916. The number of hydrogen-bond donors (Lipinski definition) is 1. The fourth-order valence-electron chi connectivity index (χ4n) is 2.58. The largest absolute Gasteiger partial charge is 0.325 e. The highest BCUT2D eigenvalue weighted by atomic mass is 35.5. The number of nitrogens with zero attached hydrogens (tertiary/aromatic N) is 3. The molecule has 0 bridgehead atoms. The third kappa shape index (κ3) is 4.64. The molecule has 2 aromatic carbocycles. The molecule has 3 rings (SSSR count). The third-order valence-corrected chi connectivity index (χ3v) is 5.47. The Morgan fingerprint density at radius 2 is 1.96 bits per heavy atom. The van der Waals surface area contributed by atoms with Gasteiger partial charge in [-0.1, -0.05) is 53.2 Å². The van der Waals surface area contributed by atoms with Gasteiger partial charge in [-0.3, -0.25) is 4.79 Å². The highest BCUT2D eigenvalue weighted by Crippen LogP contribution is 2.31. The van der Waals surface area contributed by atoms with Crippen LogP contribution in [0.15, 0.2) is 47.6 Å². The maximum atomic E-state index is 12.3. The number of carbonyl (C=O) groups is 1. The number of thioether (sulfide) groups is 1. The topological polar surface area (TPSA) is 59.8 Å². The van der Waals surface area contributed by atoms with Crippen molar-refractivity contribution in [1.29, 1.82) is 0 Å². The number of carbonyl (C=O) groups excluding carboxylic acids is 1. The van der Waals surface area contributed by atoms with E-state index in [4.69, 9.17) is 23.2 Å². The summed E-state index contributed by atoms with van der Waals surface area (Å²) >= 11 is 13.6. The van der Waals surface area contributed by atoms with Crippen molar-refractivity contribution in [2.45, 2.75) is 25.5 Å². The maximum Gasteiger partial charge on any atom is 0.234 e. The van der Waals surface area contributed by atoms with Gasteiger partial charge in [0, 0.05) is 22.8 Å². The van der Waals surface area contributed by atoms with E-state index in [1.54, 1.807) is 12.1 Å². The molecule has 0 unspecified atom stereocenters. The first kappa shape index (κ1) is 19.7. The van der Waals surface area contributed by atoms with E-state index in [0.717, 1.165) is 16.8 Å². The van der Waals surface area contributed by atoms with Gasteiger partial charge in [-0.2, -0.15) is 0 Å². The van der Waals surface area contributed by atoms with Gasteiger partial charge in [-0.05, 0) is 43.7 Å². The van der Waals surface area contributed by atoms with Crippen molar-refractivity contribution in [3.05, 3.63) is 58.1 Å². The van der Waals surface area contributed by atoms with Crippen LogP contribution in [-0.4, -0.2) is 26.4 Å². The minimum Gasteiger partial charge on any atom is -0.325 e. The number of benzene rings is 2. The lowest BCUT2D eigenvalue weighted by molar-refractivity contribution is -0.113. The Labute approximate surface area is 172 Å². The van der Waals surface area contributed by atoms with Crippen LogP contribution in [-0.2, 0) is 11.3 Å². The molecule has 3 aromatic rings. The number of halogens is 2. The van der Waals surface area contributed by atoms with E-state index in [1.165, 1.54) is 11.8 Å². The van der Waals surface area contributed by atoms with Gasteiger partial charge >= 0.3 is 0 Å². The summed E-state index contributed by atoms with van der Waals surface area (Å²) in [6.07, 6.45) is 0. The van der Waals surface area contributed by atoms with Crippen LogP contribution < -0.4 is 5.32 Å². The van der Waals surface area contributed by atoms with Crippen molar-refractivity contribution in [2.75, 3.05) is 11.1 Å². The van der Waals surface area contributed by atoms with Crippen LogP contribution in [0.2, 0.25) is 10.0 Å². The van der Waals surface area contributed by atoms with E-state index < -0.39 is 0 Å². The number of amides is 1. The van der Waals surface area contributed by atoms with E-state index in [0.29, 0.717) is 27.6 Å².